The summed E-state index contributed by atoms with van der Waals surface area (Å²) in [5.74, 6) is -0.800. The molecule has 0 radical (unpaired) electrons. The second-order valence-electron chi connectivity index (χ2n) is 3.04. The molecule has 2 N–H and O–H groups in total. The van der Waals surface area contributed by atoms with Crippen LogP contribution in [0.25, 0.3) is 0 Å². The molecule has 0 spiro atoms. The Labute approximate surface area is 94.8 Å². The van der Waals surface area contributed by atoms with E-state index in [-0.39, 0.29) is 5.56 Å². The number of hydrogen-bond donors (Lipinski definition) is 2. The van der Waals surface area contributed by atoms with Crippen molar-refractivity contribution in [3.05, 3.63) is 35.4 Å². The third-order valence-corrected chi connectivity index (χ3v) is 1.80. The lowest BCUT2D eigenvalue weighted by Gasteiger charge is -2.08. The highest BCUT2D eigenvalue weighted by atomic mass is 19.4. The van der Waals surface area contributed by atoms with Crippen LogP contribution in [0.1, 0.15) is 11.1 Å². The molecule has 4 nitrogen and oxygen atoms in total. The fourth-order valence-electron chi connectivity index (χ4n) is 1.08. The van der Waals surface area contributed by atoms with Gasteiger partial charge in [0.25, 0.3) is 5.91 Å². The minimum absolute atomic E-state index is 0.168. The fourth-order valence-corrected chi connectivity index (χ4v) is 1.08. The van der Waals surface area contributed by atoms with Crippen LogP contribution in [0.5, 0.6) is 0 Å². The molecule has 1 aromatic carbocycles. The van der Waals surface area contributed by atoms with Crippen LogP contribution in [0.2, 0.25) is 0 Å². The maximum Gasteiger partial charge on any atom is 0.417 e. The van der Waals surface area contributed by atoms with Crippen molar-refractivity contribution < 1.29 is 23.1 Å². The lowest BCUT2D eigenvalue weighted by molar-refractivity contribution is -0.137. The first-order valence-electron chi connectivity index (χ1n) is 4.54. The van der Waals surface area contributed by atoms with Crippen molar-refractivity contribution in [2.75, 3.05) is 6.61 Å². The van der Waals surface area contributed by atoms with Crippen LogP contribution >= 0.6 is 0 Å². The van der Waals surface area contributed by atoms with Gasteiger partial charge in [0.2, 0.25) is 0 Å². The first-order chi connectivity index (χ1) is 7.95. The van der Waals surface area contributed by atoms with Gasteiger partial charge in [0.15, 0.2) is 0 Å². The second kappa shape index (κ2) is 5.44. The summed E-state index contributed by atoms with van der Waals surface area (Å²) < 4.78 is 37.5. The third kappa shape index (κ3) is 3.87. The molecule has 17 heavy (non-hydrogen) atoms. The molecule has 0 unspecified atom stereocenters. The molecule has 1 amide bonds. The lowest BCUT2D eigenvalue weighted by atomic mass is 10.1. The molecule has 0 aliphatic carbocycles. The van der Waals surface area contributed by atoms with Crippen LogP contribution < -0.4 is 5.43 Å². The monoisotopic (exact) mass is 246 g/mol. The van der Waals surface area contributed by atoms with Crippen molar-refractivity contribution in [2.45, 2.75) is 6.18 Å². The second-order valence-corrected chi connectivity index (χ2v) is 3.04. The number of nitrogens with one attached hydrogen (secondary N) is 1. The van der Waals surface area contributed by atoms with Gasteiger partial charge in [-0.15, -0.1) is 0 Å². The summed E-state index contributed by atoms with van der Waals surface area (Å²) in [6.45, 7) is -0.780. The van der Waals surface area contributed by atoms with Gasteiger partial charge in [0.1, 0.15) is 6.61 Å². The Kier molecular flexibility index (Phi) is 4.22. The highest BCUT2D eigenvalue weighted by molar-refractivity contribution is 5.84. The first kappa shape index (κ1) is 13.2. The number of alkyl halides is 3. The SMILES string of the molecule is O=C(CO)N/N=C/c1ccccc1C(F)(F)F. The molecule has 0 atom stereocenters. The Bertz CT molecular complexity index is 430. The standard InChI is InChI=1S/C10H9F3N2O2/c11-10(12,13)8-4-2-1-3-7(8)5-14-15-9(17)6-16/h1-5,16H,6H2,(H,15,17)/b14-5+. The van der Waals surface area contributed by atoms with Crippen molar-refractivity contribution in [2.24, 2.45) is 5.10 Å². The number of nitrogens with zero attached hydrogens (tertiary/aromatic N) is 1. The number of halogens is 3. The Morgan fingerprint density at radius 3 is 2.65 bits per heavy atom. The molecule has 0 bridgehead atoms. The summed E-state index contributed by atoms with van der Waals surface area (Å²) >= 11 is 0. The maximum absolute atomic E-state index is 12.5. The van der Waals surface area contributed by atoms with Gasteiger partial charge in [-0.2, -0.15) is 18.3 Å². The van der Waals surface area contributed by atoms with Crippen LogP contribution in [0.15, 0.2) is 29.4 Å². The Hall–Kier alpha value is -1.89. The van der Waals surface area contributed by atoms with Gasteiger partial charge in [-0.25, -0.2) is 5.43 Å². The summed E-state index contributed by atoms with van der Waals surface area (Å²) in [4.78, 5) is 10.6. The molecule has 1 aromatic rings. The van der Waals surface area contributed by atoms with Crippen molar-refractivity contribution >= 4 is 12.1 Å². The van der Waals surface area contributed by atoms with Crippen LogP contribution in [-0.2, 0) is 11.0 Å². The predicted molar refractivity (Wildman–Crippen MR) is 54.3 cm³/mol. The number of amides is 1. The summed E-state index contributed by atoms with van der Waals surface area (Å²) in [5, 5.41) is 11.7. The lowest BCUT2D eigenvalue weighted by Crippen LogP contribution is -2.21. The van der Waals surface area contributed by atoms with Crippen LogP contribution in [0.3, 0.4) is 0 Å². The highest BCUT2D eigenvalue weighted by Gasteiger charge is 2.32. The average Bonchev–Trinajstić information content (AvgIpc) is 2.28. The molecule has 0 fully saturated rings. The molecular weight excluding hydrogens is 237 g/mol. The number of carbonyl (C=O) groups excluding carboxylic acids is 1. The number of hydrogen-bond acceptors (Lipinski definition) is 3. The molecule has 0 saturated carbocycles. The van der Waals surface area contributed by atoms with E-state index < -0.39 is 24.3 Å². The topological polar surface area (TPSA) is 61.7 Å². The molecular formula is C10H9F3N2O2. The van der Waals surface area contributed by atoms with E-state index in [1.165, 1.54) is 18.2 Å². The summed E-state index contributed by atoms with van der Waals surface area (Å²) in [6.07, 6.45) is -3.61. The van der Waals surface area contributed by atoms with Crippen LogP contribution in [0, 0.1) is 0 Å². The van der Waals surface area contributed by atoms with Crippen molar-refractivity contribution in [1.29, 1.82) is 0 Å². The van der Waals surface area contributed by atoms with Gasteiger partial charge < -0.3 is 5.11 Å². The fraction of sp³-hybridized carbons (Fsp3) is 0.200. The van der Waals surface area contributed by atoms with Crippen molar-refractivity contribution in [1.82, 2.24) is 5.43 Å². The number of aliphatic hydroxyl groups is 1. The van der Waals surface area contributed by atoms with Gasteiger partial charge in [0.05, 0.1) is 11.8 Å². The Morgan fingerprint density at radius 1 is 1.41 bits per heavy atom. The zero-order chi connectivity index (χ0) is 12.9. The summed E-state index contributed by atoms with van der Waals surface area (Å²) in [5.41, 5.74) is 0.859. The van der Waals surface area contributed by atoms with E-state index in [1.54, 1.807) is 0 Å². The van der Waals surface area contributed by atoms with E-state index >= 15 is 0 Å². The molecule has 1 rings (SSSR count). The summed E-state index contributed by atoms with van der Waals surface area (Å²) in [7, 11) is 0. The van der Waals surface area contributed by atoms with Crippen molar-refractivity contribution in [3.8, 4) is 0 Å². The van der Waals surface area contributed by atoms with E-state index in [2.05, 4.69) is 5.10 Å². The molecule has 0 heterocycles. The smallest absolute Gasteiger partial charge is 0.386 e. The molecule has 7 heteroatoms. The minimum atomic E-state index is -4.48. The van der Waals surface area contributed by atoms with E-state index in [1.807, 2.05) is 5.43 Å². The number of carbonyl (C=O) groups is 1. The molecule has 0 aliphatic heterocycles. The van der Waals surface area contributed by atoms with Crippen molar-refractivity contribution in [3.63, 3.8) is 0 Å². The van der Waals surface area contributed by atoms with E-state index in [0.29, 0.717) is 0 Å². The summed E-state index contributed by atoms with van der Waals surface area (Å²) in [6, 6.07) is 4.81. The van der Waals surface area contributed by atoms with Gasteiger partial charge in [-0.3, -0.25) is 4.79 Å². The van der Waals surface area contributed by atoms with Gasteiger partial charge >= 0.3 is 6.18 Å². The Morgan fingerprint density at radius 2 is 2.06 bits per heavy atom. The van der Waals surface area contributed by atoms with Crippen LogP contribution in [-0.4, -0.2) is 23.8 Å². The predicted octanol–water partition coefficient (Wildman–Crippen LogP) is 1.15. The number of rotatable bonds is 3. The van der Waals surface area contributed by atoms with E-state index in [0.717, 1.165) is 12.3 Å². The van der Waals surface area contributed by atoms with Gasteiger partial charge in [-0.1, -0.05) is 18.2 Å². The molecule has 92 valence electrons. The largest absolute Gasteiger partial charge is 0.417 e. The minimum Gasteiger partial charge on any atom is -0.386 e. The molecule has 0 aliphatic rings. The average molecular weight is 246 g/mol. The van der Waals surface area contributed by atoms with E-state index in [9.17, 15) is 18.0 Å². The van der Waals surface area contributed by atoms with Gasteiger partial charge in [0, 0.05) is 5.56 Å². The maximum atomic E-state index is 12.5. The zero-order valence-electron chi connectivity index (χ0n) is 8.53. The number of aliphatic hydroxyl groups excluding tert-OH is 1. The zero-order valence-corrected chi connectivity index (χ0v) is 8.53. The third-order valence-electron chi connectivity index (χ3n) is 1.80. The first-order valence-corrected chi connectivity index (χ1v) is 4.54. The van der Waals surface area contributed by atoms with Gasteiger partial charge in [-0.05, 0) is 6.07 Å². The molecule has 0 aromatic heterocycles. The van der Waals surface area contributed by atoms with Crippen LogP contribution in [0.4, 0.5) is 13.2 Å². The Balaban J connectivity index is 2.88. The van der Waals surface area contributed by atoms with E-state index in [4.69, 9.17) is 5.11 Å². The number of hydrazone groups is 1. The molecule has 0 saturated heterocycles. The quantitative estimate of drug-likeness (QED) is 0.620. The normalized spacial score (nSPS) is 11.8. The number of benzene rings is 1. The highest BCUT2D eigenvalue weighted by Crippen LogP contribution is 2.30.